The Morgan fingerprint density at radius 2 is 0.591 bits per heavy atom. The van der Waals surface area contributed by atoms with E-state index in [1.54, 1.807) is 0 Å². The Bertz CT molecular complexity index is 1270. The third-order valence-electron chi connectivity index (χ3n) is 11.5. The number of hydrogen-bond acceptors (Lipinski definition) is 9. The maximum absolute atomic E-state index is 13.0. The molecular weight excluding hydrogens is 829 g/mol. The number of allylic oxidation sites excluding steroid dienone is 12. The first kappa shape index (κ1) is 62.7. The molecule has 0 rings (SSSR count). The first-order chi connectivity index (χ1) is 32.2. The Labute approximate surface area is 403 Å². The molecule has 9 nitrogen and oxygen atoms in total. The molecule has 66 heavy (non-hydrogen) atoms. The van der Waals surface area contributed by atoms with Crippen molar-refractivity contribution in [3.63, 3.8) is 0 Å². The molecule has 380 valence electrons. The molecule has 0 aromatic rings. The molecule has 0 saturated carbocycles. The minimum atomic E-state index is -3.43. The van der Waals surface area contributed by atoms with E-state index in [1.165, 1.54) is 57.8 Å². The third-order valence-corrected chi connectivity index (χ3v) is 11.5. The fourth-order valence-corrected chi connectivity index (χ4v) is 7.27. The van der Waals surface area contributed by atoms with Gasteiger partial charge in [0.25, 0.3) is 0 Å². The lowest BCUT2D eigenvalue weighted by Gasteiger charge is -2.38. The highest BCUT2D eigenvalue weighted by atomic mass is 16.9. The third kappa shape index (κ3) is 38.8. The van der Waals surface area contributed by atoms with Crippen molar-refractivity contribution in [2.75, 3.05) is 6.61 Å². The van der Waals surface area contributed by atoms with E-state index < -0.39 is 36.3 Å². The Morgan fingerprint density at radius 3 is 0.864 bits per heavy atom. The van der Waals surface area contributed by atoms with Crippen molar-refractivity contribution in [3.8, 4) is 0 Å². The molecule has 0 bridgehead atoms. The van der Waals surface area contributed by atoms with Crippen LogP contribution < -0.4 is 0 Å². The molecule has 0 aromatic carbocycles. The topological polar surface area (TPSA) is 140 Å². The van der Waals surface area contributed by atoms with Crippen LogP contribution in [0.25, 0.3) is 0 Å². The summed E-state index contributed by atoms with van der Waals surface area (Å²) in [6.45, 7) is 5.27. The van der Waals surface area contributed by atoms with Gasteiger partial charge in [-0.15, -0.1) is 0 Å². The van der Waals surface area contributed by atoms with Crippen LogP contribution in [0.3, 0.4) is 0 Å². The summed E-state index contributed by atoms with van der Waals surface area (Å²) in [5, 5.41) is 33.0. The van der Waals surface area contributed by atoms with Crippen molar-refractivity contribution in [1.82, 2.24) is 0 Å². The quantitative estimate of drug-likeness (QED) is 0.0235. The van der Waals surface area contributed by atoms with Crippen molar-refractivity contribution in [2.24, 2.45) is 0 Å². The minimum absolute atomic E-state index is 0.108. The van der Waals surface area contributed by atoms with E-state index in [9.17, 15) is 29.7 Å². The number of aliphatic hydroxyl groups excluding tert-OH is 1. The van der Waals surface area contributed by atoms with E-state index in [-0.39, 0.29) is 19.3 Å². The van der Waals surface area contributed by atoms with Gasteiger partial charge in [-0.1, -0.05) is 190 Å². The lowest BCUT2D eigenvalue weighted by Crippen LogP contribution is -2.63. The highest BCUT2D eigenvalue weighted by molar-refractivity contribution is 5.73. The SMILES string of the molecule is CCCCC/C=C\C/C=C\CCCCCCCC(=O)OC(O)(CO)C(O)(OC(=O)CCCCCCC/C=C\C/C=C\CCCCC)OC(=O)CCCCCCC/C=C\C/C=C\CCCCC. The number of esters is 3. The van der Waals surface area contributed by atoms with Crippen LogP contribution in [0.1, 0.15) is 252 Å². The van der Waals surface area contributed by atoms with E-state index >= 15 is 0 Å². The highest BCUT2D eigenvalue weighted by Gasteiger charge is 2.61. The van der Waals surface area contributed by atoms with Gasteiger partial charge in [-0.05, 0) is 116 Å². The molecule has 1 unspecified atom stereocenters. The van der Waals surface area contributed by atoms with Gasteiger partial charge in [0.15, 0.2) is 0 Å². The van der Waals surface area contributed by atoms with Gasteiger partial charge in [-0.25, -0.2) is 0 Å². The Kier molecular flexibility index (Phi) is 44.5. The molecular formula is C57H98O9. The molecule has 3 N–H and O–H groups in total. The van der Waals surface area contributed by atoms with Crippen LogP contribution in [0.4, 0.5) is 0 Å². The zero-order chi connectivity index (χ0) is 48.5. The van der Waals surface area contributed by atoms with Gasteiger partial charge in [0, 0.05) is 19.3 Å². The number of unbranched alkanes of at least 4 members (excludes halogenated alkanes) is 24. The summed E-state index contributed by atoms with van der Waals surface area (Å²) in [6, 6.07) is 0. The van der Waals surface area contributed by atoms with Crippen LogP contribution in [0.5, 0.6) is 0 Å². The molecule has 0 aliphatic heterocycles. The predicted molar refractivity (Wildman–Crippen MR) is 273 cm³/mol. The molecule has 0 aliphatic carbocycles. The van der Waals surface area contributed by atoms with E-state index in [2.05, 4.69) is 93.7 Å². The second-order valence-corrected chi connectivity index (χ2v) is 17.9. The summed E-state index contributed by atoms with van der Waals surface area (Å²) in [5.41, 5.74) is 0. The maximum Gasteiger partial charge on any atom is 0.446 e. The largest absolute Gasteiger partial charge is 0.446 e. The highest BCUT2D eigenvalue weighted by Crippen LogP contribution is 2.30. The van der Waals surface area contributed by atoms with Crippen molar-refractivity contribution >= 4 is 17.9 Å². The summed E-state index contributed by atoms with van der Waals surface area (Å²) < 4.78 is 15.6. The summed E-state index contributed by atoms with van der Waals surface area (Å²) >= 11 is 0. The molecule has 0 spiro atoms. The van der Waals surface area contributed by atoms with Crippen molar-refractivity contribution in [1.29, 1.82) is 0 Å². The molecule has 0 aliphatic rings. The van der Waals surface area contributed by atoms with Gasteiger partial charge in [-0.2, -0.15) is 0 Å². The predicted octanol–water partition coefficient (Wildman–Crippen LogP) is 15.4. The van der Waals surface area contributed by atoms with Crippen LogP contribution in [-0.4, -0.2) is 51.6 Å². The monoisotopic (exact) mass is 927 g/mol. The number of carbonyl (C=O) groups is 3. The molecule has 0 radical (unpaired) electrons. The fourth-order valence-electron chi connectivity index (χ4n) is 7.27. The summed E-state index contributed by atoms with van der Waals surface area (Å²) in [5.74, 6) is -9.49. The van der Waals surface area contributed by atoms with E-state index in [0.717, 1.165) is 135 Å². The van der Waals surface area contributed by atoms with Gasteiger partial charge < -0.3 is 29.5 Å². The summed E-state index contributed by atoms with van der Waals surface area (Å²) in [4.78, 5) is 39.0. The van der Waals surface area contributed by atoms with Gasteiger partial charge in [-0.3, -0.25) is 14.4 Å². The summed E-state index contributed by atoms with van der Waals surface area (Å²) in [7, 11) is 0. The lowest BCUT2D eigenvalue weighted by atomic mass is 10.1. The number of ether oxygens (including phenoxy) is 3. The number of rotatable bonds is 47. The first-order valence-corrected chi connectivity index (χ1v) is 26.8. The number of carbonyl (C=O) groups excluding carboxylic acids is 3. The van der Waals surface area contributed by atoms with E-state index in [4.69, 9.17) is 14.2 Å². The molecule has 9 heteroatoms. The van der Waals surface area contributed by atoms with Crippen LogP contribution in [-0.2, 0) is 28.6 Å². The smallest absolute Gasteiger partial charge is 0.420 e. The van der Waals surface area contributed by atoms with Gasteiger partial charge >= 0.3 is 29.7 Å². The van der Waals surface area contributed by atoms with Crippen molar-refractivity contribution in [2.45, 2.75) is 264 Å². The molecule has 0 amide bonds. The molecule has 0 fully saturated rings. The molecule has 0 heterocycles. The Hall–Kier alpha value is -3.27. The standard InChI is InChI=1S/C57H98O9/c1-4-7-10-13-16-19-22-25-28-31-34-37-40-43-46-49-53(59)64-56(62,52-58)57(63,65-54(60)50-47-44-41-38-35-32-29-26-23-20-17-14-11-8-5-2)66-55(61)51-48-45-42-39-36-33-30-27-24-21-18-15-12-9-6-3/h16-21,25-30,58,62-63H,4-15,22-24,31-52H2,1-3H3/b19-16-,20-17-,21-18-,28-25-,29-26-,30-27-. The van der Waals surface area contributed by atoms with E-state index in [1.807, 2.05) is 0 Å². The normalized spacial score (nSPS) is 13.4. The lowest BCUT2D eigenvalue weighted by molar-refractivity contribution is -0.448. The average molecular weight is 927 g/mol. The molecule has 1 atom stereocenters. The van der Waals surface area contributed by atoms with Crippen LogP contribution >= 0.6 is 0 Å². The van der Waals surface area contributed by atoms with Crippen LogP contribution in [0.2, 0.25) is 0 Å². The zero-order valence-electron chi connectivity index (χ0n) is 42.4. The second-order valence-electron chi connectivity index (χ2n) is 17.9. The molecule has 0 aromatic heterocycles. The van der Waals surface area contributed by atoms with Crippen molar-refractivity contribution in [3.05, 3.63) is 72.9 Å². The fraction of sp³-hybridized carbons (Fsp3) is 0.737. The number of hydrogen-bond donors (Lipinski definition) is 3. The number of aliphatic hydroxyl groups is 3. The molecule has 0 saturated heterocycles. The van der Waals surface area contributed by atoms with Gasteiger partial charge in [0.05, 0.1) is 0 Å². The van der Waals surface area contributed by atoms with E-state index in [0.29, 0.717) is 19.3 Å². The Morgan fingerprint density at radius 1 is 0.348 bits per heavy atom. The van der Waals surface area contributed by atoms with Crippen LogP contribution in [0, 0.1) is 0 Å². The van der Waals surface area contributed by atoms with Crippen molar-refractivity contribution < 1.29 is 43.9 Å². The first-order valence-electron chi connectivity index (χ1n) is 26.8. The Balaban J connectivity index is 4.98. The van der Waals surface area contributed by atoms with Gasteiger partial charge in [0.1, 0.15) is 6.61 Å². The second kappa shape index (κ2) is 46.8. The maximum atomic E-state index is 13.0. The summed E-state index contributed by atoms with van der Waals surface area (Å²) in [6.07, 6.45) is 59.2. The average Bonchev–Trinajstić information content (AvgIpc) is 3.30. The zero-order valence-corrected chi connectivity index (χ0v) is 42.4. The minimum Gasteiger partial charge on any atom is -0.420 e. The van der Waals surface area contributed by atoms with Crippen LogP contribution in [0.15, 0.2) is 72.9 Å². The van der Waals surface area contributed by atoms with Gasteiger partial charge in [0.2, 0.25) is 0 Å².